The van der Waals surface area contributed by atoms with Gasteiger partial charge in [-0.2, -0.15) is 0 Å². The Balaban J connectivity index is 2.24. The van der Waals surface area contributed by atoms with Crippen LogP contribution in [-0.2, 0) is 6.42 Å². The molecule has 0 amide bonds. The lowest BCUT2D eigenvalue weighted by Gasteiger charge is -2.13. The molecule has 0 saturated heterocycles. The zero-order chi connectivity index (χ0) is 15.4. The molecule has 112 valence electrons. The largest absolute Gasteiger partial charge is 0.457 e. The highest BCUT2D eigenvalue weighted by atomic mass is 19.1. The Morgan fingerprint density at radius 1 is 1.10 bits per heavy atom. The summed E-state index contributed by atoms with van der Waals surface area (Å²) in [5, 5.41) is 0. The number of nitrogens with two attached hydrogens (primary N) is 1. The maximum Gasteiger partial charge on any atom is 0.133 e. The first-order valence-electron chi connectivity index (χ1n) is 6.97. The molecule has 2 aromatic rings. The minimum atomic E-state index is -0.660. The van der Waals surface area contributed by atoms with E-state index in [4.69, 9.17) is 10.5 Å². The fourth-order valence-electron chi connectivity index (χ4n) is 2.04. The summed E-state index contributed by atoms with van der Waals surface area (Å²) in [5.41, 5.74) is 7.89. The Bertz CT molecular complexity index is 608. The van der Waals surface area contributed by atoms with E-state index in [-0.39, 0.29) is 11.8 Å². The van der Waals surface area contributed by atoms with Gasteiger partial charge in [-0.25, -0.2) is 8.78 Å². The monoisotopic (exact) mass is 291 g/mol. The minimum Gasteiger partial charge on any atom is -0.457 e. The SMILES string of the molecule is CCC(N)Cc1ccc(C)c(Oc2cc(F)cc(F)c2)c1. The van der Waals surface area contributed by atoms with Crippen LogP contribution >= 0.6 is 0 Å². The van der Waals surface area contributed by atoms with Crippen molar-refractivity contribution in [2.24, 2.45) is 5.73 Å². The summed E-state index contributed by atoms with van der Waals surface area (Å²) in [5.74, 6) is -0.591. The first kappa shape index (κ1) is 15.4. The van der Waals surface area contributed by atoms with Crippen molar-refractivity contribution >= 4 is 0 Å². The van der Waals surface area contributed by atoms with Gasteiger partial charge in [0.1, 0.15) is 23.1 Å². The Kier molecular flexibility index (Phi) is 4.91. The van der Waals surface area contributed by atoms with Gasteiger partial charge < -0.3 is 10.5 Å². The standard InChI is InChI=1S/C17H19F2NO/c1-3-15(20)6-12-5-4-11(2)17(7-12)21-16-9-13(18)8-14(19)10-16/h4-5,7-10,15H,3,6,20H2,1-2H3. The summed E-state index contributed by atoms with van der Waals surface area (Å²) in [7, 11) is 0. The van der Waals surface area contributed by atoms with Gasteiger partial charge in [-0.1, -0.05) is 19.1 Å². The number of hydrogen-bond acceptors (Lipinski definition) is 2. The van der Waals surface area contributed by atoms with Gasteiger partial charge in [-0.3, -0.25) is 0 Å². The minimum absolute atomic E-state index is 0.0900. The zero-order valence-electron chi connectivity index (χ0n) is 12.2. The molecule has 2 rings (SSSR count). The quantitative estimate of drug-likeness (QED) is 0.889. The Morgan fingerprint density at radius 2 is 1.76 bits per heavy atom. The summed E-state index contributed by atoms with van der Waals surface area (Å²) in [6.07, 6.45) is 1.63. The van der Waals surface area contributed by atoms with Crippen LogP contribution in [0.4, 0.5) is 8.78 Å². The van der Waals surface area contributed by atoms with Gasteiger partial charge >= 0.3 is 0 Å². The van der Waals surface area contributed by atoms with Crippen molar-refractivity contribution < 1.29 is 13.5 Å². The van der Waals surface area contributed by atoms with Crippen LogP contribution in [0.15, 0.2) is 36.4 Å². The predicted molar refractivity (Wildman–Crippen MR) is 79.6 cm³/mol. The number of hydrogen-bond donors (Lipinski definition) is 1. The normalized spacial score (nSPS) is 12.2. The van der Waals surface area contributed by atoms with Crippen LogP contribution in [0.1, 0.15) is 24.5 Å². The predicted octanol–water partition coefficient (Wildman–Crippen LogP) is 4.35. The van der Waals surface area contributed by atoms with Crippen molar-refractivity contribution in [2.45, 2.75) is 32.7 Å². The topological polar surface area (TPSA) is 35.2 Å². The third kappa shape index (κ3) is 4.26. The second kappa shape index (κ2) is 6.68. The fourth-order valence-corrected chi connectivity index (χ4v) is 2.04. The molecule has 1 atom stereocenters. The van der Waals surface area contributed by atoms with Crippen molar-refractivity contribution in [1.82, 2.24) is 0 Å². The Labute approximate surface area is 123 Å². The molecule has 21 heavy (non-hydrogen) atoms. The van der Waals surface area contributed by atoms with Crippen LogP contribution in [-0.4, -0.2) is 6.04 Å². The maximum atomic E-state index is 13.2. The summed E-state index contributed by atoms with van der Waals surface area (Å²) < 4.78 is 32.0. The van der Waals surface area contributed by atoms with Crippen LogP contribution in [0.2, 0.25) is 0 Å². The first-order chi connectivity index (χ1) is 9.97. The van der Waals surface area contributed by atoms with Gasteiger partial charge in [0.15, 0.2) is 0 Å². The van der Waals surface area contributed by atoms with Crippen LogP contribution in [0.25, 0.3) is 0 Å². The molecule has 0 radical (unpaired) electrons. The molecule has 2 N–H and O–H groups in total. The van der Waals surface area contributed by atoms with Gasteiger partial charge in [0.05, 0.1) is 0 Å². The van der Waals surface area contributed by atoms with Crippen LogP contribution in [0, 0.1) is 18.6 Å². The number of benzene rings is 2. The van der Waals surface area contributed by atoms with E-state index in [1.807, 2.05) is 32.0 Å². The molecule has 4 heteroatoms. The molecule has 0 saturated carbocycles. The van der Waals surface area contributed by atoms with Crippen molar-refractivity contribution in [1.29, 1.82) is 0 Å². The maximum absolute atomic E-state index is 13.2. The van der Waals surface area contributed by atoms with E-state index in [1.54, 1.807) is 0 Å². The molecule has 0 bridgehead atoms. The molecular formula is C17H19F2NO. The average molecular weight is 291 g/mol. The molecule has 0 fully saturated rings. The van der Waals surface area contributed by atoms with E-state index in [9.17, 15) is 8.78 Å². The Morgan fingerprint density at radius 3 is 2.38 bits per heavy atom. The van der Waals surface area contributed by atoms with Crippen molar-refractivity contribution in [3.8, 4) is 11.5 Å². The highest BCUT2D eigenvalue weighted by Gasteiger charge is 2.08. The first-order valence-corrected chi connectivity index (χ1v) is 6.97. The van der Waals surface area contributed by atoms with E-state index < -0.39 is 11.6 Å². The van der Waals surface area contributed by atoms with Gasteiger partial charge in [-0.15, -0.1) is 0 Å². The zero-order valence-corrected chi connectivity index (χ0v) is 12.2. The lowest BCUT2D eigenvalue weighted by Crippen LogP contribution is -2.21. The lowest BCUT2D eigenvalue weighted by molar-refractivity contribution is 0.464. The third-order valence-electron chi connectivity index (χ3n) is 3.34. The van der Waals surface area contributed by atoms with Gasteiger partial charge in [0, 0.05) is 24.2 Å². The summed E-state index contributed by atoms with van der Waals surface area (Å²) in [4.78, 5) is 0. The molecule has 0 aliphatic heterocycles. The van der Waals surface area contributed by atoms with Crippen molar-refractivity contribution in [3.05, 3.63) is 59.2 Å². The van der Waals surface area contributed by atoms with Gasteiger partial charge in [0.2, 0.25) is 0 Å². The number of ether oxygens (including phenoxy) is 1. The summed E-state index contributed by atoms with van der Waals surface area (Å²) in [6, 6.07) is 9.00. The van der Waals surface area contributed by atoms with E-state index in [0.29, 0.717) is 5.75 Å². The van der Waals surface area contributed by atoms with Gasteiger partial charge in [0.25, 0.3) is 0 Å². The fraction of sp³-hybridized carbons (Fsp3) is 0.294. The van der Waals surface area contributed by atoms with E-state index >= 15 is 0 Å². The number of halogens is 2. The molecular weight excluding hydrogens is 272 g/mol. The molecule has 0 aromatic heterocycles. The van der Waals surface area contributed by atoms with E-state index in [1.165, 1.54) is 0 Å². The second-order valence-electron chi connectivity index (χ2n) is 5.18. The highest BCUT2D eigenvalue weighted by molar-refractivity contribution is 5.40. The van der Waals surface area contributed by atoms with E-state index in [0.717, 1.165) is 42.2 Å². The number of rotatable bonds is 5. The average Bonchev–Trinajstić information content (AvgIpc) is 2.41. The third-order valence-corrected chi connectivity index (χ3v) is 3.34. The molecule has 0 spiro atoms. The Hall–Kier alpha value is -1.94. The molecule has 2 nitrogen and oxygen atoms in total. The molecule has 2 aromatic carbocycles. The van der Waals surface area contributed by atoms with Crippen molar-refractivity contribution in [2.75, 3.05) is 0 Å². The molecule has 1 unspecified atom stereocenters. The summed E-state index contributed by atoms with van der Waals surface area (Å²) in [6.45, 7) is 3.92. The van der Waals surface area contributed by atoms with E-state index in [2.05, 4.69) is 0 Å². The lowest BCUT2D eigenvalue weighted by atomic mass is 10.0. The van der Waals surface area contributed by atoms with Crippen LogP contribution in [0.5, 0.6) is 11.5 Å². The molecule has 0 aliphatic rings. The highest BCUT2D eigenvalue weighted by Crippen LogP contribution is 2.27. The van der Waals surface area contributed by atoms with Crippen molar-refractivity contribution in [3.63, 3.8) is 0 Å². The summed E-state index contributed by atoms with van der Waals surface area (Å²) >= 11 is 0. The smallest absolute Gasteiger partial charge is 0.133 e. The molecule has 0 aliphatic carbocycles. The number of aryl methyl sites for hydroxylation is 1. The van der Waals surface area contributed by atoms with Crippen LogP contribution < -0.4 is 10.5 Å². The molecule has 0 heterocycles. The second-order valence-corrected chi connectivity index (χ2v) is 5.18. The van der Waals surface area contributed by atoms with Gasteiger partial charge in [-0.05, 0) is 37.0 Å². The van der Waals surface area contributed by atoms with Crippen LogP contribution in [0.3, 0.4) is 0 Å².